The van der Waals surface area contributed by atoms with Gasteiger partial charge in [0.25, 0.3) is 0 Å². The van der Waals surface area contributed by atoms with Crippen LogP contribution in [-0.4, -0.2) is 70.2 Å². The van der Waals surface area contributed by atoms with Gasteiger partial charge in [-0.3, -0.25) is 9.13 Å². The van der Waals surface area contributed by atoms with Gasteiger partial charge in [-0.25, -0.2) is 4.99 Å². The van der Waals surface area contributed by atoms with Crippen LogP contribution in [0.2, 0.25) is 0 Å². The lowest BCUT2D eigenvalue weighted by Gasteiger charge is -2.28. The minimum absolute atomic E-state index is 0.00596. The van der Waals surface area contributed by atoms with Crippen LogP contribution in [0.15, 0.2) is 16.8 Å². The number of aliphatic hydroxyl groups excluding tert-OH is 1. The first-order valence-electron chi connectivity index (χ1n) is 8.72. The second-order valence-corrected chi connectivity index (χ2v) is 11.4. The number of hydrogen-bond donors (Lipinski definition) is 1. The summed E-state index contributed by atoms with van der Waals surface area (Å²) in [6, 6.07) is 0. The highest BCUT2D eigenvalue weighted by Gasteiger charge is 2.48. The first-order chi connectivity index (χ1) is 13.2. The molecular weight excluding hydrogens is 412 g/mol. The van der Waals surface area contributed by atoms with Gasteiger partial charge in [-0.1, -0.05) is 6.92 Å². The van der Waals surface area contributed by atoms with E-state index in [1.165, 1.54) is 28.4 Å². The quantitative estimate of drug-likeness (QED) is 0.338. The van der Waals surface area contributed by atoms with Crippen molar-refractivity contribution < 1.29 is 41.8 Å². The van der Waals surface area contributed by atoms with E-state index in [9.17, 15) is 14.2 Å². The molecule has 10 nitrogen and oxygen atoms in total. The van der Waals surface area contributed by atoms with Crippen molar-refractivity contribution in [2.24, 2.45) is 4.99 Å². The lowest BCUT2D eigenvalue weighted by atomic mass is 10.1. The Morgan fingerprint density at radius 1 is 1.21 bits per heavy atom. The van der Waals surface area contributed by atoms with E-state index in [0.717, 1.165) is 0 Å². The first-order valence-corrected chi connectivity index (χ1v) is 11.9. The molecule has 1 aliphatic rings. The van der Waals surface area contributed by atoms with Gasteiger partial charge in [-0.15, -0.1) is 0 Å². The van der Waals surface area contributed by atoms with Crippen LogP contribution < -0.4 is 0 Å². The molecular formula is C16H31NO9P2. The number of allylic oxidation sites excluding steroid dienone is 2. The van der Waals surface area contributed by atoms with E-state index in [0.29, 0.717) is 18.1 Å². The molecule has 1 atom stereocenters. The van der Waals surface area contributed by atoms with Crippen LogP contribution in [0, 0.1) is 0 Å². The predicted octanol–water partition coefficient (Wildman–Crippen LogP) is 3.16. The second-order valence-electron chi connectivity index (χ2n) is 6.14. The van der Waals surface area contributed by atoms with Crippen LogP contribution in [0.25, 0.3) is 0 Å². The van der Waals surface area contributed by atoms with Crippen molar-refractivity contribution in [3.8, 4) is 0 Å². The summed E-state index contributed by atoms with van der Waals surface area (Å²) in [6.45, 7) is 3.67. The molecule has 164 valence electrons. The Kier molecular flexibility index (Phi) is 9.83. The van der Waals surface area contributed by atoms with Crippen molar-refractivity contribution in [1.82, 2.24) is 0 Å². The van der Waals surface area contributed by atoms with E-state index >= 15 is 0 Å². The summed E-state index contributed by atoms with van der Waals surface area (Å²) >= 11 is 0. The molecule has 1 aliphatic heterocycles. The van der Waals surface area contributed by atoms with Gasteiger partial charge in [-0.05, 0) is 12.5 Å². The highest BCUT2D eigenvalue weighted by atomic mass is 31.2. The SMILES string of the molecule is CC/C(=C\CC(P(=O)(OC)OC)P(=O)(OC)OC)OCC1(CO)COC(C)=N1. The summed E-state index contributed by atoms with van der Waals surface area (Å²) in [5, 5.41) is 8.48. The molecule has 0 aromatic heterocycles. The van der Waals surface area contributed by atoms with Gasteiger partial charge in [0.1, 0.15) is 13.2 Å². The zero-order valence-electron chi connectivity index (χ0n) is 17.2. The summed E-state index contributed by atoms with van der Waals surface area (Å²) in [5.74, 6) is 1.03. The minimum atomic E-state index is -3.77. The Morgan fingerprint density at radius 2 is 1.75 bits per heavy atom. The fraction of sp³-hybridized carbons (Fsp3) is 0.812. The smallest absolute Gasteiger partial charge is 0.345 e. The Hall–Kier alpha value is -0.730. The average molecular weight is 443 g/mol. The summed E-state index contributed by atoms with van der Waals surface area (Å²) in [5.41, 5.74) is -0.861. The fourth-order valence-electron chi connectivity index (χ4n) is 2.67. The molecule has 1 N–H and O–H groups in total. The lowest BCUT2D eigenvalue weighted by molar-refractivity contribution is 0.0737. The highest BCUT2D eigenvalue weighted by molar-refractivity contribution is 7.72. The van der Waals surface area contributed by atoms with Crippen molar-refractivity contribution in [2.75, 3.05) is 48.3 Å². The molecule has 0 saturated heterocycles. The third-order valence-corrected chi connectivity index (χ3v) is 10.0. The zero-order chi connectivity index (χ0) is 21.4. The van der Waals surface area contributed by atoms with E-state index in [4.69, 9.17) is 27.6 Å². The van der Waals surface area contributed by atoms with Gasteiger partial charge in [0.2, 0.25) is 0 Å². The van der Waals surface area contributed by atoms with Crippen LogP contribution >= 0.6 is 15.2 Å². The zero-order valence-corrected chi connectivity index (χ0v) is 19.0. The van der Waals surface area contributed by atoms with Gasteiger partial charge in [0, 0.05) is 41.8 Å². The summed E-state index contributed by atoms with van der Waals surface area (Å²) in [7, 11) is -2.72. The number of ether oxygens (including phenoxy) is 2. The third-order valence-electron chi connectivity index (χ3n) is 4.42. The lowest BCUT2D eigenvalue weighted by Crippen LogP contribution is -2.38. The predicted molar refractivity (Wildman–Crippen MR) is 105 cm³/mol. The summed E-state index contributed by atoms with van der Waals surface area (Å²) in [6.07, 6.45) is 2.15. The van der Waals surface area contributed by atoms with Crippen LogP contribution in [0.1, 0.15) is 26.7 Å². The number of aliphatic hydroxyl groups is 1. The van der Waals surface area contributed by atoms with E-state index in [1.54, 1.807) is 13.0 Å². The number of hydrogen-bond acceptors (Lipinski definition) is 10. The molecule has 1 unspecified atom stereocenters. The molecule has 0 aromatic rings. The Morgan fingerprint density at radius 3 is 2.11 bits per heavy atom. The molecule has 0 bridgehead atoms. The molecule has 0 saturated carbocycles. The van der Waals surface area contributed by atoms with Crippen molar-refractivity contribution in [3.63, 3.8) is 0 Å². The molecule has 12 heteroatoms. The molecule has 28 heavy (non-hydrogen) atoms. The van der Waals surface area contributed by atoms with Crippen LogP contribution in [-0.2, 0) is 36.7 Å². The first kappa shape index (κ1) is 25.3. The molecule has 0 fully saturated rings. The van der Waals surface area contributed by atoms with Crippen molar-refractivity contribution in [1.29, 1.82) is 0 Å². The third kappa shape index (κ3) is 5.89. The fourth-order valence-corrected chi connectivity index (χ4v) is 7.19. The highest BCUT2D eigenvalue weighted by Crippen LogP contribution is 2.70. The largest absolute Gasteiger partial charge is 0.496 e. The van der Waals surface area contributed by atoms with Crippen LogP contribution in [0.3, 0.4) is 0 Å². The second kappa shape index (κ2) is 10.9. The molecule has 0 amide bonds. The van der Waals surface area contributed by atoms with E-state index in [2.05, 4.69) is 4.99 Å². The van der Waals surface area contributed by atoms with Gasteiger partial charge in [0.15, 0.2) is 16.8 Å². The summed E-state index contributed by atoms with van der Waals surface area (Å²) < 4.78 is 57.0. The molecule has 0 spiro atoms. The normalized spacial score (nSPS) is 21.0. The van der Waals surface area contributed by atoms with Gasteiger partial charge in [0.05, 0.1) is 12.4 Å². The molecule has 1 rings (SSSR count). The Labute approximate surface area is 166 Å². The maximum absolute atomic E-state index is 12.9. The molecule has 0 radical (unpaired) electrons. The van der Waals surface area contributed by atoms with E-state index in [-0.39, 0.29) is 26.2 Å². The van der Waals surface area contributed by atoms with Crippen molar-refractivity contribution >= 4 is 21.1 Å². The van der Waals surface area contributed by atoms with Gasteiger partial charge >= 0.3 is 15.2 Å². The number of aliphatic imine (C=N–C) groups is 1. The van der Waals surface area contributed by atoms with Crippen LogP contribution in [0.4, 0.5) is 0 Å². The molecule has 1 heterocycles. The minimum Gasteiger partial charge on any atom is -0.496 e. The number of nitrogens with zero attached hydrogens (tertiary/aromatic N) is 1. The summed E-state index contributed by atoms with van der Waals surface area (Å²) in [4.78, 5) is 4.29. The topological polar surface area (TPSA) is 122 Å². The Balaban J connectivity index is 3.02. The molecule has 0 aliphatic carbocycles. The van der Waals surface area contributed by atoms with E-state index < -0.39 is 26.1 Å². The maximum Gasteiger partial charge on any atom is 0.345 e. The van der Waals surface area contributed by atoms with Crippen molar-refractivity contribution in [3.05, 3.63) is 11.8 Å². The Bertz CT molecular complexity index is 625. The van der Waals surface area contributed by atoms with Gasteiger partial charge < -0.3 is 32.7 Å². The number of rotatable bonds is 13. The van der Waals surface area contributed by atoms with Gasteiger partial charge in [-0.2, -0.15) is 0 Å². The molecule has 0 aromatic carbocycles. The van der Waals surface area contributed by atoms with Crippen molar-refractivity contribution in [2.45, 2.75) is 37.6 Å². The average Bonchev–Trinajstić information content (AvgIpc) is 3.11. The standard InChI is InChI=1S/C16H31NO9P2/c1-7-14(26-12-16(10-18)11-25-13(2)17-16)8-9-15(27(19,21-3)22-4)28(20,23-5)24-6/h8,15,18H,7,9-12H2,1-6H3/b14-8+. The van der Waals surface area contributed by atoms with Crippen LogP contribution in [0.5, 0.6) is 0 Å². The van der Waals surface area contributed by atoms with E-state index in [1.807, 2.05) is 6.92 Å². The monoisotopic (exact) mass is 443 g/mol. The maximum atomic E-state index is 12.9.